The summed E-state index contributed by atoms with van der Waals surface area (Å²) in [5.74, 6) is 0.344. The minimum Gasteiger partial charge on any atom is -0.313 e. The summed E-state index contributed by atoms with van der Waals surface area (Å²) in [5.41, 5.74) is 2.27. The summed E-state index contributed by atoms with van der Waals surface area (Å²) in [6.45, 7) is 4.80. The molecule has 0 heterocycles. The van der Waals surface area contributed by atoms with Gasteiger partial charge < -0.3 is 5.21 Å². The summed E-state index contributed by atoms with van der Waals surface area (Å²) in [4.78, 5) is 0. The Labute approximate surface area is 115 Å². The Hall–Kier alpha value is -1.64. The number of nitrogens with zero attached hydrogens (tertiary/aromatic N) is 1. The van der Waals surface area contributed by atoms with E-state index in [4.69, 9.17) is 0 Å². The smallest absolute Gasteiger partial charge is 0.0626 e. The molecule has 2 nitrogen and oxygen atoms in total. The second-order valence-electron chi connectivity index (χ2n) is 5.18. The van der Waals surface area contributed by atoms with Crippen molar-refractivity contribution in [2.75, 3.05) is 0 Å². The maximum absolute atomic E-state index is 10.4. The summed E-state index contributed by atoms with van der Waals surface area (Å²) in [6, 6.07) is 20.2. The van der Waals surface area contributed by atoms with Gasteiger partial charge in [0, 0.05) is 6.54 Å². The van der Waals surface area contributed by atoms with Crippen molar-refractivity contribution in [3.05, 3.63) is 71.8 Å². The highest BCUT2D eigenvalue weighted by molar-refractivity contribution is 5.20. The molecule has 0 aliphatic rings. The Balaban J connectivity index is 2.16. The van der Waals surface area contributed by atoms with Crippen LogP contribution >= 0.6 is 0 Å². The lowest BCUT2D eigenvalue weighted by Gasteiger charge is -2.29. The van der Waals surface area contributed by atoms with E-state index in [0.717, 1.165) is 11.1 Å². The minimum absolute atomic E-state index is 0.0152. The van der Waals surface area contributed by atoms with E-state index in [0.29, 0.717) is 12.5 Å². The van der Waals surface area contributed by atoms with E-state index in [1.807, 2.05) is 48.5 Å². The van der Waals surface area contributed by atoms with Crippen LogP contribution in [-0.4, -0.2) is 10.3 Å². The number of hydroxylamine groups is 2. The predicted molar refractivity (Wildman–Crippen MR) is 77.8 cm³/mol. The Morgan fingerprint density at radius 2 is 1.42 bits per heavy atom. The topological polar surface area (TPSA) is 23.5 Å². The minimum atomic E-state index is 0.0152. The molecule has 1 N–H and O–H groups in total. The van der Waals surface area contributed by atoms with Crippen molar-refractivity contribution in [1.82, 2.24) is 5.06 Å². The molecule has 0 saturated heterocycles. The van der Waals surface area contributed by atoms with E-state index in [9.17, 15) is 5.21 Å². The van der Waals surface area contributed by atoms with Crippen LogP contribution in [0.2, 0.25) is 0 Å². The lowest BCUT2D eigenvalue weighted by molar-refractivity contribution is -0.149. The van der Waals surface area contributed by atoms with Gasteiger partial charge in [-0.3, -0.25) is 0 Å². The van der Waals surface area contributed by atoms with Gasteiger partial charge in [0.2, 0.25) is 0 Å². The molecule has 2 aromatic carbocycles. The maximum atomic E-state index is 10.4. The summed E-state index contributed by atoms with van der Waals surface area (Å²) < 4.78 is 0. The average molecular weight is 255 g/mol. The molecule has 2 rings (SSSR count). The van der Waals surface area contributed by atoms with Crippen LogP contribution in [0.3, 0.4) is 0 Å². The van der Waals surface area contributed by atoms with Gasteiger partial charge in [-0.1, -0.05) is 74.5 Å². The van der Waals surface area contributed by atoms with Crippen LogP contribution in [0.1, 0.15) is 31.0 Å². The zero-order chi connectivity index (χ0) is 13.7. The highest BCUT2D eigenvalue weighted by Gasteiger charge is 2.22. The van der Waals surface area contributed by atoms with Gasteiger partial charge in [0.1, 0.15) is 0 Å². The Bertz CT molecular complexity index is 481. The molecule has 0 amide bonds. The standard InChI is InChI=1S/C17H21NO/c1-14(2)17(16-11-7-4-8-12-16)18(19)13-15-9-5-3-6-10-15/h3-12,14,17,19H,13H2,1-2H3. The van der Waals surface area contributed by atoms with Crippen LogP contribution in [0.4, 0.5) is 0 Å². The molecular formula is C17H21NO. The number of hydrogen-bond acceptors (Lipinski definition) is 2. The van der Waals surface area contributed by atoms with E-state index >= 15 is 0 Å². The van der Waals surface area contributed by atoms with Crippen molar-refractivity contribution < 1.29 is 5.21 Å². The van der Waals surface area contributed by atoms with Crippen molar-refractivity contribution in [1.29, 1.82) is 0 Å². The molecule has 100 valence electrons. The monoisotopic (exact) mass is 255 g/mol. The fourth-order valence-corrected chi connectivity index (χ4v) is 2.42. The van der Waals surface area contributed by atoms with E-state index in [-0.39, 0.29) is 6.04 Å². The van der Waals surface area contributed by atoms with Crippen LogP contribution in [0.15, 0.2) is 60.7 Å². The molecule has 0 saturated carbocycles. The third-order valence-electron chi connectivity index (χ3n) is 3.28. The lowest BCUT2D eigenvalue weighted by atomic mass is 9.95. The van der Waals surface area contributed by atoms with Crippen molar-refractivity contribution in [2.24, 2.45) is 5.92 Å². The van der Waals surface area contributed by atoms with Crippen molar-refractivity contribution >= 4 is 0 Å². The lowest BCUT2D eigenvalue weighted by Crippen LogP contribution is -2.28. The zero-order valence-corrected chi connectivity index (χ0v) is 11.5. The van der Waals surface area contributed by atoms with Crippen LogP contribution in [-0.2, 0) is 6.54 Å². The number of benzene rings is 2. The SMILES string of the molecule is CC(C)C(c1ccccc1)N(O)Cc1ccccc1. The highest BCUT2D eigenvalue weighted by Crippen LogP contribution is 2.28. The van der Waals surface area contributed by atoms with Crippen LogP contribution in [0, 0.1) is 5.92 Å². The predicted octanol–water partition coefficient (Wildman–Crippen LogP) is 4.28. The first-order valence-electron chi connectivity index (χ1n) is 6.73. The third-order valence-corrected chi connectivity index (χ3v) is 3.28. The van der Waals surface area contributed by atoms with Gasteiger partial charge in [0.05, 0.1) is 6.04 Å². The molecule has 0 radical (unpaired) electrons. The van der Waals surface area contributed by atoms with Crippen molar-refractivity contribution in [3.63, 3.8) is 0 Å². The molecule has 0 aromatic heterocycles. The van der Waals surface area contributed by atoms with Gasteiger partial charge in [0.25, 0.3) is 0 Å². The molecule has 0 spiro atoms. The summed E-state index contributed by atoms with van der Waals surface area (Å²) in [5, 5.41) is 11.9. The molecule has 2 aromatic rings. The fraction of sp³-hybridized carbons (Fsp3) is 0.294. The quantitative estimate of drug-likeness (QED) is 0.806. The molecular weight excluding hydrogens is 234 g/mol. The highest BCUT2D eigenvalue weighted by atomic mass is 16.5. The van der Waals surface area contributed by atoms with Crippen molar-refractivity contribution in [2.45, 2.75) is 26.4 Å². The summed E-state index contributed by atoms with van der Waals surface area (Å²) in [6.07, 6.45) is 0. The molecule has 1 atom stereocenters. The number of hydrogen-bond donors (Lipinski definition) is 1. The first-order valence-corrected chi connectivity index (χ1v) is 6.73. The second kappa shape index (κ2) is 6.50. The van der Waals surface area contributed by atoms with E-state index < -0.39 is 0 Å². The molecule has 19 heavy (non-hydrogen) atoms. The zero-order valence-electron chi connectivity index (χ0n) is 11.5. The largest absolute Gasteiger partial charge is 0.313 e. The second-order valence-corrected chi connectivity index (χ2v) is 5.18. The van der Waals surface area contributed by atoms with E-state index in [1.54, 1.807) is 0 Å². The molecule has 0 bridgehead atoms. The van der Waals surface area contributed by atoms with Gasteiger partial charge in [0.15, 0.2) is 0 Å². The molecule has 0 aliphatic heterocycles. The maximum Gasteiger partial charge on any atom is 0.0626 e. The number of rotatable bonds is 5. The van der Waals surface area contributed by atoms with Crippen LogP contribution < -0.4 is 0 Å². The van der Waals surface area contributed by atoms with Gasteiger partial charge in [-0.05, 0) is 17.0 Å². The van der Waals surface area contributed by atoms with Crippen molar-refractivity contribution in [3.8, 4) is 0 Å². The Morgan fingerprint density at radius 3 is 1.95 bits per heavy atom. The summed E-state index contributed by atoms with van der Waals surface area (Å²) >= 11 is 0. The van der Waals surface area contributed by atoms with Crippen LogP contribution in [0.5, 0.6) is 0 Å². The fourth-order valence-electron chi connectivity index (χ4n) is 2.42. The first kappa shape index (κ1) is 13.8. The van der Waals surface area contributed by atoms with E-state index in [2.05, 4.69) is 26.0 Å². The molecule has 1 unspecified atom stereocenters. The molecule has 2 heteroatoms. The first-order chi connectivity index (χ1) is 9.18. The van der Waals surface area contributed by atoms with Gasteiger partial charge in [-0.15, -0.1) is 0 Å². The van der Waals surface area contributed by atoms with Crippen LogP contribution in [0.25, 0.3) is 0 Å². The van der Waals surface area contributed by atoms with Gasteiger partial charge >= 0.3 is 0 Å². The van der Waals surface area contributed by atoms with E-state index in [1.165, 1.54) is 5.06 Å². The average Bonchev–Trinajstić information content (AvgIpc) is 2.40. The molecule has 0 fully saturated rings. The van der Waals surface area contributed by atoms with Gasteiger partial charge in [-0.25, -0.2) is 0 Å². The summed E-state index contributed by atoms with van der Waals surface area (Å²) in [7, 11) is 0. The molecule has 0 aliphatic carbocycles. The third kappa shape index (κ3) is 3.66. The normalized spacial score (nSPS) is 12.9. The Morgan fingerprint density at radius 1 is 0.895 bits per heavy atom. The Kier molecular flexibility index (Phi) is 4.72. The van der Waals surface area contributed by atoms with Gasteiger partial charge in [-0.2, -0.15) is 5.06 Å².